The molecule has 0 fully saturated rings. The quantitative estimate of drug-likeness (QED) is 0.753. The third-order valence-electron chi connectivity index (χ3n) is 2.74. The highest BCUT2D eigenvalue weighted by atomic mass is 35.5. The SMILES string of the molecule is Nc1cc(C(=O)O)ccc1NC(=O)c1c(Cl)cccc1Cl. The van der Waals surface area contributed by atoms with Crippen LogP contribution in [0.5, 0.6) is 0 Å². The van der Waals surface area contributed by atoms with Crippen molar-refractivity contribution in [3.8, 4) is 0 Å². The first kappa shape index (κ1) is 15.2. The average Bonchev–Trinajstić information content (AvgIpc) is 2.40. The molecule has 0 radical (unpaired) electrons. The van der Waals surface area contributed by atoms with Crippen LogP contribution in [0.25, 0.3) is 0 Å². The summed E-state index contributed by atoms with van der Waals surface area (Å²) in [5.41, 5.74) is 6.28. The van der Waals surface area contributed by atoms with Gasteiger partial charge in [-0.1, -0.05) is 29.3 Å². The van der Waals surface area contributed by atoms with Crippen molar-refractivity contribution in [1.29, 1.82) is 0 Å². The van der Waals surface area contributed by atoms with Crippen molar-refractivity contribution < 1.29 is 14.7 Å². The van der Waals surface area contributed by atoms with E-state index in [9.17, 15) is 9.59 Å². The number of halogens is 2. The molecule has 0 heterocycles. The number of rotatable bonds is 3. The lowest BCUT2D eigenvalue weighted by Crippen LogP contribution is -2.14. The Hall–Kier alpha value is -2.24. The van der Waals surface area contributed by atoms with Crippen LogP contribution in [0.15, 0.2) is 36.4 Å². The van der Waals surface area contributed by atoms with Crippen LogP contribution >= 0.6 is 23.2 Å². The van der Waals surface area contributed by atoms with Crippen LogP contribution in [0.2, 0.25) is 10.0 Å². The largest absolute Gasteiger partial charge is 0.478 e. The van der Waals surface area contributed by atoms with Gasteiger partial charge in [0.15, 0.2) is 0 Å². The summed E-state index contributed by atoms with van der Waals surface area (Å²) in [5, 5.41) is 11.8. The molecule has 0 bridgehead atoms. The predicted molar refractivity (Wildman–Crippen MR) is 82.2 cm³/mol. The van der Waals surface area contributed by atoms with Gasteiger partial charge in [-0.25, -0.2) is 4.79 Å². The molecule has 0 unspecified atom stereocenters. The highest BCUT2D eigenvalue weighted by molar-refractivity contribution is 6.40. The number of carbonyl (C=O) groups excluding carboxylic acids is 1. The summed E-state index contributed by atoms with van der Waals surface area (Å²) in [4.78, 5) is 23.0. The number of nitrogens with two attached hydrogens (primary N) is 1. The summed E-state index contributed by atoms with van der Waals surface area (Å²) < 4.78 is 0. The first-order valence-corrected chi connectivity index (χ1v) is 6.54. The van der Waals surface area contributed by atoms with Gasteiger partial charge in [-0.2, -0.15) is 0 Å². The Balaban J connectivity index is 2.30. The number of nitrogen functional groups attached to an aromatic ring is 1. The lowest BCUT2D eigenvalue weighted by atomic mass is 10.1. The normalized spacial score (nSPS) is 10.2. The van der Waals surface area contributed by atoms with E-state index in [0.29, 0.717) is 0 Å². The molecule has 7 heteroatoms. The number of hydrogen-bond donors (Lipinski definition) is 3. The highest BCUT2D eigenvalue weighted by Gasteiger charge is 2.16. The van der Waals surface area contributed by atoms with Gasteiger partial charge in [0.2, 0.25) is 0 Å². The van der Waals surface area contributed by atoms with Crippen molar-refractivity contribution in [1.82, 2.24) is 0 Å². The van der Waals surface area contributed by atoms with Crippen molar-refractivity contribution >= 4 is 46.5 Å². The molecule has 108 valence electrons. The van der Waals surface area contributed by atoms with Crippen LogP contribution in [0, 0.1) is 0 Å². The molecular formula is C14H10Cl2N2O3. The summed E-state index contributed by atoms with van der Waals surface area (Å²) in [7, 11) is 0. The van der Waals surface area contributed by atoms with Gasteiger partial charge in [-0.3, -0.25) is 4.79 Å². The molecule has 0 atom stereocenters. The first-order valence-electron chi connectivity index (χ1n) is 5.78. The predicted octanol–water partition coefficient (Wildman–Crippen LogP) is 3.53. The Kier molecular flexibility index (Phi) is 4.35. The number of carboxylic acids is 1. The molecular weight excluding hydrogens is 315 g/mol. The van der Waals surface area contributed by atoms with E-state index in [1.165, 1.54) is 18.2 Å². The summed E-state index contributed by atoms with van der Waals surface area (Å²) in [6.07, 6.45) is 0. The average molecular weight is 325 g/mol. The lowest BCUT2D eigenvalue weighted by Gasteiger charge is -2.11. The fourth-order valence-electron chi connectivity index (χ4n) is 1.71. The zero-order chi connectivity index (χ0) is 15.6. The molecule has 1 amide bonds. The van der Waals surface area contributed by atoms with Crippen LogP contribution < -0.4 is 11.1 Å². The minimum atomic E-state index is -1.10. The van der Waals surface area contributed by atoms with Gasteiger partial charge in [-0.15, -0.1) is 0 Å². The molecule has 0 saturated heterocycles. The Morgan fingerprint density at radius 3 is 2.24 bits per heavy atom. The van der Waals surface area contributed by atoms with Crippen molar-refractivity contribution in [2.75, 3.05) is 11.1 Å². The third-order valence-corrected chi connectivity index (χ3v) is 3.37. The summed E-state index contributed by atoms with van der Waals surface area (Å²) in [5.74, 6) is -1.63. The van der Waals surface area contributed by atoms with Crippen LogP contribution in [0.1, 0.15) is 20.7 Å². The van der Waals surface area contributed by atoms with Crippen LogP contribution in [0.4, 0.5) is 11.4 Å². The number of nitrogens with one attached hydrogen (secondary N) is 1. The van der Waals surface area contributed by atoms with Crippen LogP contribution in [0.3, 0.4) is 0 Å². The number of anilines is 2. The summed E-state index contributed by atoms with van der Waals surface area (Å²) in [6.45, 7) is 0. The minimum absolute atomic E-state index is 0.0290. The number of amides is 1. The Bertz CT molecular complexity index is 712. The van der Waals surface area contributed by atoms with Crippen molar-refractivity contribution in [3.05, 3.63) is 57.6 Å². The molecule has 5 nitrogen and oxygen atoms in total. The van der Waals surface area contributed by atoms with E-state index in [1.54, 1.807) is 18.2 Å². The van der Waals surface area contributed by atoms with E-state index in [4.69, 9.17) is 34.0 Å². The van der Waals surface area contributed by atoms with Crippen molar-refractivity contribution in [2.45, 2.75) is 0 Å². The minimum Gasteiger partial charge on any atom is -0.478 e. The van der Waals surface area contributed by atoms with Gasteiger partial charge in [-0.05, 0) is 30.3 Å². The molecule has 0 aliphatic carbocycles. The van der Waals surface area contributed by atoms with Gasteiger partial charge in [0.25, 0.3) is 5.91 Å². The molecule has 2 rings (SSSR count). The van der Waals surface area contributed by atoms with Gasteiger partial charge >= 0.3 is 5.97 Å². The Labute approximate surface area is 130 Å². The molecule has 2 aromatic carbocycles. The van der Waals surface area contributed by atoms with Gasteiger partial charge in [0.1, 0.15) is 0 Å². The molecule has 0 aliphatic heterocycles. The van der Waals surface area contributed by atoms with E-state index >= 15 is 0 Å². The summed E-state index contributed by atoms with van der Waals surface area (Å²) in [6, 6.07) is 8.70. The van der Waals surface area contributed by atoms with Crippen LogP contribution in [-0.4, -0.2) is 17.0 Å². The number of carboxylic acid groups (broad SMARTS) is 1. The zero-order valence-corrected chi connectivity index (χ0v) is 12.1. The molecule has 4 N–H and O–H groups in total. The maximum atomic E-state index is 12.2. The Morgan fingerprint density at radius 2 is 1.71 bits per heavy atom. The maximum Gasteiger partial charge on any atom is 0.335 e. The van der Waals surface area contributed by atoms with Crippen LogP contribution in [-0.2, 0) is 0 Å². The number of hydrogen-bond acceptors (Lipinski definition) is 3. The molecule has 21 heavy (non-hydrogen) atoms. The lowest BCUT2D eigenvalue weighted by molar-refractivity contribution is 0.0697. The van der Waals surface area contributed by atoms with E-state index in [0.717, 1.165) is 0 Å². The molecule has 2 aromatic rings. The number of benzene rings is 2. The second-order valence-electron chi connectivity index (χ2n) is 4.16. The molecule has 0 aliphatic rings. The van der Waals surface area contributed by atoms with Gasteiger partial charge in [0, 0.05) is 0 Å². The van der Waals surface area contributed by atoms with Crippen molar-refractivity contribution in [3.63, 3.8) is 0 Å². The first-order chi connectivity index (χ1) is 9.90. The molecule has 0 spiro atoms. The van der Waals surface area contributed by atoms with Gasteiger partial charge in [0.05, 0.1) is 32.5 Å². The number of aromatic carboxylic acids is 1. The van der Waals surface area contributed by atoms with E-state index in [-0.39, 0.29) is 32.5 Å². The van der Waals surface area contributed by atoms with Crippen molar-refractivity contribution in [2.24, 2.45) is 0 Å². The van der Waals surface area contributed by atoms with E-state index in [2.05, 4.69) is 5.32 Å². The third kappa shape index (κ3) is 3.26. The standard InChI is InChI=1S/C14H10Cl2N2O3/c15-8-2-1-3-9(16)12(8)13(19)18-11-5-4-7(14(20)21)6-10(11)17/h1-6H,17H2,(H,18,19)(H,20,21). The maximum absolute atomic E-state index is 12.2. The smallest absolute Gasteiger partial charge is 0.335 e. The van der Waals surface area contributed by atoms with Gasteiger partial charge < -0.3 is 16.2 Å². The number of carbonyl (C=O) groups is 2. The Morgan fingerprint density at radius 1 is 1.10 bits per heavy atom. The zero-order valence-electron chi connectivity index (χ0n) is 10.6. The second kappa shape index (κ2) is 6.03. The highest BCUT2D eigenvalue weighted by Crippen LogP contribution is 2.27. The molecule has 0 saturated carbocycles. The topological polar surface area (TPSA) is 92.4 Å². The molecule has 0 aromatic heterocycles. The second-order valence-corrected chi connectivity index (χ2v) is 4.97. The fraction of sp³-hybridized carbons (Fsp3) is 0. The fourth-order valence-corrected chi connectivity index (χ4v) is 2.28. The summed E-state index contributed by atoms with van der Waals surface area (Å²) >= 11 is 11.9. The monoisotopic (exact) mass is 324 g/mol. The van der Waals surface area contributed by atoms with E-state index in [1.807, 2.05) is 0 Å². The van der Waals surface area contributed by atoms with E-state index < -0.39 is 11.9 Å².